The molecule has 0 spiro atoms. The van der Waals surface area contributed by atoms with Gasteiger partial charge in [0.15, 0.2) is 0 Å². The fourth-order valence-corrected chi connectivity index (χ4v) is 1.90. The van der Waals surface area contributed by atoms with Crippen LogP contribution in [0.25, 0.3) is 0 Å². The minimum absolute atomic E-state index is 0.00899. The number of carbonyl (C=O) groups is 2. The van der Waals surface area contributed by atoms with E-state index in [1.165, 1.54) is 11.3 Å². The van der Waals surface area contributed by atoms with Crippen molar-refractivity contribution in [2.75, 3.05) is 11.9 Å². The van der Waals surface area contributed by atoms with Crippen LogP contribution in [0.2, 0.25) is 0 Å². The third-order valence-electron chi connectivity index (χ3n) is 2.29. The summed E-state index contributed by atoms with van der Waals surface area (Å²) in [6.45, 7) is 1.88. The Bertz CT molecular complexity index is 365. The first-order valence-electron chi connectivity index (χ1n) is 5.42. The molecule has 0 saturated heterocycles. The number of nitrogens with one attached hydrogen (secondary N) is 2. The molecule has 6 heteroatoms. The van der Waals surface area contributed by atoms with Gasteiger partial charge in [-0.1, -0.05) is 6.92 Å². The molecular weight excluding hydrogens is 240 g/mol. The molecule has 2 amide bonds. The zero-order chi connectivity index (χ0) is 12.7. The van der Waals surface area contributed by atoms with E-state index in [2.05, 4.69) is 10.6 Å². The molecule has 1 rings (SSSR count). The number of rotatable bonds is 5. The second-order valence-corrected chi connectivity index (χ2v) is 4.34. The van der Waals surface area contributed by atoms with E-state index in [1.807, 2.05) is 12.3 Å². The van der Waals surface area contributed by atoms with Gasteiger partial charge in [0.05, 0.1) is 5.69 Å². The standard InChI is InChI=1S/C11H16N2O3S/c1-2-8(3-5-14)12-10(15)11(16)13-9-4-6-17-7-9/h4,6-8,14H,2-3,5H2,1H3,(H,12,15)(H,13,16). The van der Waals surface area contributed by atoms with Gasteiger partial charge in [-0.3, -0.25) is 9.59 Å². The molecule has 5 nitrogen and oxygen atoms in total. The van der Waals surface area contributed by atoms with Gasteiger partial charge >= 0.3 is 11.8 Å². The Labute approximate surface area is 104 Å². The minimum atomic E-state index is -0.681. The lowest BCUT2D eigenvalue weighted by Crippen LogP contribution is -2.41. The fourth-order valence-electron chi connectivity index (χ4n) is 1.31. The van der Waals surface area contributed by atoms with Gasteiger partial charge < -0.3 is 15.7 Å². The summed E-state index contributed by atoms with van der Waals surface area (Å²) in [4.78, 5) is 23.0. The molecule has 0 aliphatic rings. The van der Waals surface area contributed by atoms with Gasteiger partial charge in [-0.05, 0) is 24.3 Å². The van der Waals surface area contributed by atoms with Crippen LogP contribution in [0, 0.1) is 0 Å². The largest absolute Gasteiger partial charge is 0.396 e. The van der Waals surface area contributed by atoms with Crippen molar-refractivity contribution in [1.29, 1.82) is 0 Å². The predicted octanol–water partition coefficient (Wildman–Crippen LogP) is 0.964. The summed E-state index contributed by atoms with van der Waals surface area (Å²) in [5.41, 5.74) is 0.616. The number of aliphatic hydroxyl groups is 1. The van der Waals surface area contributed by atoms with Crippen LogP contribution in [-0.2, 0) is 9.59 Å². The van der Waals surface area contributed by atoms with E-state index in [4.69, 9.17) is 5.11 Å². The van der Waals surface area contributed by atoms with Crippen molar-refractivity contribution in [1.82, 2.24) is 5.32 Å². The monoisotopic (exact) mass is 256 g/mol. The van der Waals surface area contributed by atoms with Crippen LogP contribution in [0.5, 0.6) is 0 Å². The predicted molar refractivity (Wildman–Crippen MR) is 66.9 cm³/mol. The Morgan fingerprint density at radius 2 is 2.24 bits per heavy atom. The highest BCUT2D eigenvalue weighted by atomic mass is 32.1. The van der Waals surface area contributed by atoms with E-state index in [9.17, 15) is 9.59 Å². The molecule has 0 saturated carbocycles. The summed E-state index contributed by atoms with van der Waals surface area (Å²) in [5, 5.41) is 17.4. The Morgan fingerprint density at radius 3 is 2.76 bits per heavy atom. The summed E-state index contributed by atoms with van der Waals surface area (Å²) >= 11 is 1.44. The maximum atomic E-state index is 11.5. The molecule has 1 heterocycles. The highest BCUT2D eigenvalue weighted by Gasteiger charge is 2.17. The van der Waals surface area contributed by atoms with Crippen LogP contribution in [0.15, 0.2) is 16.8 Å². The molecule has 0 bridgehead atoms. The van der Waals surface area contributed by atoms with E-state index >= 15 is 0 Å². The number of hydrogen-bond donors (Lipinski definition) is 3. The van der Waals surface area contributed by atoms with Crippen molar-refractivity contribution in [2.45, 2.75) is 25.8 Å². The van der Waals surface area contributed by atoms with Crippen LogP contribution in [0.3, 0.4) is 0 Å². The average Bonchev–Trinajstić information content (AvgIpc) is 2.81. The molecule has 0 aliphatic carbocycles. The molecule has 0 radical (unpaired) electrons. The lowest BCUT2D eigenvalue weighted by atomic mass is 10.1. The minimum Gasteiger partial charge on any atom is -0.396 e. The van der Waals surface area contributed by atoms with E-state index in [1.54, 1.807) is 11.4 Å². The first-order chi connectivity index (χ1) is 8.17. The molecule has 0 aliphatic heterocycles. The van der Waals surface area contributed by atoms with Crippen LogP contribution >= 0.6 is 11.3 Å². The quantitative estimate of drug-likeness (QED) is 0.687. The molecule has 0 fully saturated rings. The topological polar surface area (TPSA) is 78.4 Å². The number of carbonyl (C=O) groups excluding carboxylic acids is 2. The van der Waals surface area contributed by atoms with Gasteiger partial charge in [-0.15, -0.1) is 0 Å². The van der Waals surface area contributed by atoms with Crippen molar-refractivity contribution in [2.24, 2.45) is 0 Å². The SMILES string of the molecule is CCC(CCO)NC(=O)C(=O)Nc1ccsc1. The number of amides is 2. The molecule has 1 unspecified atom stereocenters. The molecule has 1 aromatic heterocycles. The summed E-state index contributed by atoms with van der Waals surface area (Å²) in [7, 11) is 0. The smallest absolute Gasteiger partial charge is 0.313 e. The summed E-state index contributed by atoms with van der Waals surface area (Å²) in [6, 6.07) is 1.56. The van der Waals surface area contributed by atoms with Crippen molar-refractivity contribution in [3.05, 3.63) is 16.8 Å². The number of hydrogen-bond acceptors (Lipinski definition) is 4. The first-order valence-corrected chi connectivity index (χ1v) is 6.36. The number of thiophene rings is 1. The van der Waals surface area contributed by atoms with E-state index in [0.717, 1.165) is 0 Å². The van der Waals surface area contributed by atoms with Crippen LogP contribution in [-0.4, -0.2) is 29.6 Å². The average molecular weight is 256 g/mol. The normalized spacial score (nSPS) is 11.9. The zero-order valence-corrected chi connectivity index (χ0v) is 10.4. The van der Waals surface area contributed by atoms with Gasteiger partial charge in [0.2, 0.25) is 0 Å². The van der Waals surface area contributed by atoms with Crippen molar-refractivity contribution >= 4 is 28.8 Å². The molecule has 3 N–H and O–H groups in total. The summed E-state index contributed by atoms with van der Waals surface area (Å²) < 4.78 is 0. The Balaban J connectivity index is 2.43. The summed E-state index contributed by atoms with van der Waals surface area (Å²) in [5.74, 6) is -1.35. The van der Waals surface area contributed by atoms with Crippen LogP contribution < -0.4 is 10.6 Å². The van der Waals surface area contributed by atoms with Crippen molar-refractivity contribution < 1.29 is 14.7 Å². The number of aliphatic hydroxyl groups excluding tert-OH is 1. The third kappa shape index (κ3) is 4.54. The Kier molecular flexibility index (Phi) is 5.65. The van der Waals surface area contributed by atoms with Gasteiger partial charge in [-0.25, -0.2) is 0 Å². The fraction of sp³-hybridized carbons (Fsp3) is 0.455. The third-order valence-corrected chi connectivity index (χ3v) is 2.97. The second kappa shape index (κ2) is 7.03. The highest BCUT2D eigenvalue weighted by molar-refractivity contribution is 7.08. The summed E-state index contributed by atoms with van der Waals surface area (Å²) in [6.07, 6.45) is 1.13. The highest BCUT2D eigenvalue weighted by Crippen LogP contribution is 2.11. The van der Waals surface area contributed by atoms with Crippen molar-refractivity contribution in [3.63, 3.8) is 0 Å². The molecule has 0 aromatic carbocycles. The van der Waals surface area contributed by atoms with E-state index < -0.39 is 11.8 Å². The lowest BCUT2D eigenvalue weighted by Gasteiger charge is -2.14. The number of anilines is 1. The molecule has 1 aromatic rings. The lowest BCUT2D eigenvalue weighted by molar-refractivity contribution is -0.136. The first kappa shape index (κ1) is 13.7. The maximum Gasteiger partial charge on any atom is 0.313 e. The maximum absolute atomic E-state index is 11.5. The van der Waals surface area contributed by atoms with Gasteiger partial charge in [0.1, 0.15) is 0 Å². The zero-order valence-electron chi connectivity index (χ0n) is 9.60. The molecule has 17 heavy (non-hydrogen) atoms. The Hall–Kier alpha value is -1.40. The van der Waals surface area contributed by atoms with Gasteiger partial charge in [0, 0.05) is 18.0 Å². The molecule has 94 valence electrons. The van der Waals surface area contributed by atoms with E-state index in [0.29, 0.717) is 18.5 Å². The second-order valence-electron chi connectivity index (χ2n) is 3.56. The molecular formula is C11H16N2O3S. The van der Waals surface area contributed by atoms with Crippen molar-refractivity contribution in [3.8, 4) is 0 Å². The Morgan fingerprint density at radius 1 is 1.47 bits per heavy atom. The van der Waals surface area contributed by atoms with Gasteiger partial charge in [-0.2, -0.15) is 11.3 Å². The van der Waals surface area contributed by atoms with Crippen LogP contribution in [0.4, 0.5) is 5.69 Å². The van der Waals surface area contributed by atoms with E-state index in [-0.39, 0.29) is 12.6 Å². The van der Waals surface area contributed by atoms with Crippen LogP contribution in [0.1, 0.15) is 19.8 Å². The molecule has 1 atom stereocenters. The van der Waals surface area contributed by atoms with Gasteiger partial charge in [0.25, 0.3) is 0 Å².